The average molecular weight is 340 g/mol. The van der Waals surface area contributed by atoms with Gasteiger partial charge in [-0.3, -0.25) is 19.7 Å². The summed E-state index contributed by atoms with van der Waals surface area (Å²) < 4.78 is 10.4. The number of nitrogens with zero attached hydrogens (tertiary/aromatic N) is 2. The highest BCUT2D eigenvalue weighted by atomic mass is 16.6. The third kappa shape index (κ3) is 4.58. The second-order valence-corrected chi connectivity index (χ2v) is 4.83. The van der Waals surface area contributed by atoms with Crippen LogP contribution >= 0.6 is 0 Å². The molecule has 0 radical (unpaired) electrons. The Morgan fingerprint density at radius 1 is 1.29 bits per heavy atom. The highest BCUT2D eigenvalue weighted by Gasteiger charge is 2.28. The summed E-state index contributed by atoms with van der Waals surface area (Å²) >= 11 is 0. The molecule has 0 atom stereocenters. The van der Waals surface area contributed by atoms with E-state index in [1.165, 1.54) is 13.2 Å². The molecule has 0 saturated carbocycles. The summed E-state index contributed by atoms with van der Waals surface area (Å²) in [7, 11) is 1.35. The number of carbonyl (C=O) groups excluding carboxylic acids is 1. The zero-order valence-corrected chi connectivity index (χ0v) is 13.8. The molecule has 0 aliphatic carbocycles. The number of aliphatic carboxylic acids is 1. The first-order valence-corrected chi connectivity index (χ1v) is 7.35. The van der Waals surface area contributed by atoms with Gasteiger partial charge in [-0.25, -0.2) is 0 Å². The maximum Gasteiger partial charge on any atom is 0.323 e. The second-order valence-electron chi connectivity index (χ2n) is 4.83. The fourth-order valence-corrected chi connectivity index (χ4v) is 2.16. The standard InChI is InChI=1S/C15H20N2O7/c1-4-6-16(9-14(18)19)15(20)10-7-12(23-3)13(24-5-2)8-11(10)17(21)22/h7-8H,4-6,9H2,1-3H3,(H,18,19). The van der Waals surface area contributed by atoms with Crippen molar-refractivity contribution in [3.8, 4) is 11.5 Å². The van der Waals surface area contributed by atoms with Gasteiger partial charge < -0.3 is 19.5 Å². The molecule has 1 aromatic rings. The van der Waals surface area contributed by atoms with Gasteiger partial charge in [-0.2, -0.15) is 0 Å². The first kappa shape index (κ1) is 19.2. The molecule has 0 heterocycles. The van der Waals surface area contributed by atoms with Crippen LogP contribution in [0.2, 0.25) is 0 Å². The van der Waals surface area contributed by atoms with Gasteiger partial charge >= 0.3 is 5.97 Å². The number of hydrogen-bond acceptors (Lipinski definition) is 6. The summed E-state index contributed by atoms with van der Waals surface area (Å²) in [4.78, 5) is 35.2. The van der Waals surface area contributed by atoms with Crippen molar-refractivity contribution >= 4 is 17.6 Å². The van der Waals surface area contributed by atoms with Crippen molar-refractivity contribution in [1.29, 1.82) is 0 Å². The monoisotopic (exact) mass is 340 g/mol. The molecular formula is C15H20N2O7. The van der Waals surface area contributed by atoms with E-state index < -0.39 is 29.0 Å². The molecule has 1 rings (SSSR count). The molecule has 0 unspecified atom stereocenters. The Kier molecular flexibility index (Phi) is 6.97. The van der Waals surface area contributed by atoms with E-state index in [0.29, 0.717) is 6.42 Å². The quantitative estimate of drug-likeness (QED) is 0.539. The molecule has 9 heteroatoms. The third-order valence-corrected chi connectivity index (χ3v) is 3.12. The normalized spacial score (nSPS) is 10.1. The predicted octanol–water partition coefficient (Wildman–Crippen LogP) is 1.94. The number of ether oxygens (including phenoxy) is 2. The second kappa shape index (κ2) is 8.70. The Balaban J connectivity index is 3.40. The number of rotatable bonds is 9. The summed E-state index contributed by atoms with van der Waals surface area (Å²) in [5.74, 6) is -1.63. The van der Waals surface area contributed by atoms with Crippen LogP contribution in [0.25, 0.3) is 0 Å². The summed E-state index contributed by atoms with van der Waals surface area (Å²) in [5.41, 5.74) is -0.703. The fourth-order valence-electron chi connectivity index (χ4n) is 2.16. The zero-order chi connectivity index (χ0) is 18.3. The maximum atomic E-state index is 12.6. The van der Waals surface area contributed by atoms with Gasteiger partial charge in [0.25, 0.3) is 11.6 Å². The van der Waals surface area contributed by atoms with Crippen molar-refractivity contribution in [2.75, 3.05) is 26.8 Å². The lowest BCUT2D eigenvalue weighted by Crippen LogP contribution is -2.36. The largest absolute Gasteiger partial charge is 0.493 e. The van der Waals surface area contributed by atoms with Crippen LogP contribution in [-0.2, 0) is 4.79 Å². The van der Waals surface area contributed by atoms with E-state index in [-0.39, 0.29) is 30.2 Å². The van der Waals surface area contributed by atoms with Crippen molar-refractivity contribution in [3.05, 3.63) is 27.8 Å². The lowest BCUT2D eigenvalue weighted by atomic mass is 10.1. The number of nitro groups is 1. The van der Waals surface area contributed by atoms with E-state index in [1.54, 1.807) is 13.8 Å². The summed E-state index contributed by atoms with van der Waals surface area (Å²) in [6.45, 7) is 3.37. The molecule has 9 nitrogen and oxygen atoms in total. The number of nitro benzene ring substituents is 1. The van der Waals surface area contributed by atoms with E-state index in [4.69, 9.17) is 14.6 Å². The highest BCUT2D eigenvalue weighted by molar-refractivity contribution is 6.00. The number of methoxy groups -OCH3 is 1. The molecular weight excluding hydrogens is 320 g/mol. The first-order chi connectivity index (χ1) is 11.3. The van der Waals surface area contributed by atoms with Crippen LogP contribution in [0.4, 0.5) is 5.69 Å². The molecule has 1 aromatic carbocycles. The van der Waals surface area contributed by atoms with Crippen LogP contribution in [0.1, 0.15) is 30.6 Å². The van der Waals surface area contributed by atoms with Gasteiger partial charge in [-0.15, -0.1) is 0 Å². The van der Waals surface area contributed by atoms with Gasteiger partial charge in [-0.1, -0.05) is 6.92 Å². The Labute approximate surface area is 138 Å². The minimum Gasteiger partial charge on any atom is -0.493 e. The molecule has 0 spiro atoms. The fraction of sp³-hybridized carbons (Fsp3) is 0.467. The summed E-state index contributed by atoms with van der Waals surface area (Å²) in [5, 5.41) is 20.2. The molecule has 0 aromatic heterocycles. The van der Waals surface area contributed by atoms with Gasteiger partial charge in [0, 0.05) is 12.6 Å². The molecule has 0 bridgehead atoms. The van der Waals surface area contributed by atoms with Gasteiger partial charge in [0.1, 0.15) is 12.1 Å². The first-order valence-electron chi connectivity index (χ1n) is 7.35. The summed E-state index contributed by atoms with van der Waals surface area (Å²) in [6, 6.07) is 2.32. The van der Waals surface area contributed by atoms with Crippen LogP contribution in [0.5, 0.6) is 11.5 Å². The minimum atomic E-state index is -1.20. The van der Waals surface area contributed by atoms with Crippen LogP contribution in [-0.4, -0.2) is 53.6 Å². The van der Waals surface area contributed by atoms with Gasteiger partial charge in [0.15, 0.2) is 11.5 Å². The SMILES string of the molecule is CCCN(CC(=O)O)C(=O)c1cc(OC)c(OCC)cc1[N+](=O)[O-]. The molecule has 1 amide bonds. The van der Waals surface area contributed by atoms with E-state index in [1.807, 2.05) is 0 Å². The maximum absolute atomic E-state index is 12.6. The Hall–Kier alpha value is -2.84. The Morgan fingerprint density at radius 3 is 2.42 bits per heavy atom. The number of carboxylic acid groups (broad SMARTS) is 1. The Bertz CT molecular complexity index is 630. The molecule has 0 saturated heterocycles. The number of amides is 1. The predicted molar refractivity (Wildman–Crippen MR) is 84.6 cm³/mol. The van der Waals surface area contributed by atoms with E-state index in [0.717, 1.165) is 11.0 Å². The molecule has 132 valence electrons. The third-order valence-electron chi connectivity index (χ3n) is 3.12. The smallest absolute Gasteiger partial charge is 0.323 e. The molecule has 0 aliphatic rings. The zero-order valence-electron chi connectivity index (χ0n) is 13.8. The Morgan fingerprint density at radius 2 is 1.96 bits per heavy atom. The number of benzene rings is 1. The van der Waals surface area contributed by atoms with E-state index in [9.17, 15) is 19.7 Å². The van der Waals surface area contributed by atoms with Crippen molar-refractivity contribution in [2.45, 2.75) is 20.3 Å². The highest BCUT2D eigenvalue weighted by Crippen LogP contribution is 2.35. The van der Waals surface area contributed by atoms with Gasteiger partial charge in [0.05, 0.1) is 24.7 Å². The van der Waals surface area contributed by atoms with Crippen molar-refractivity contribution in [3.63, 3.8) is 0 Å². The van der Waals surface area contributed by atoms with Gasteiger partial charge in [0.2, 0.25) is 0 Å². The van der Waals surface area contributed by atoms with Crippen molar-refractivity contribution in [1.82, 2.24) is 4.90 Å². The topological polar surface area (TPSA) is 119 Å². The number of carboxylic acids is 1. The average Bonchev–Trinajstić information content (AvgIpc) is 2.53. The van der Waals surface area contributed by atoms with Crippen molar-refractivity contribution < 1.29 is 29.1 Å². The van der Waals surface area contributed by atoms with E-state index >= 15 is 0 Å². The summed E-state index contributed by atoms with van der Waals surface area (Å²) in [6.07, 6.45) is 0.515. The van der Waals surface area contributed by atoms with Crippen LogP contribution < -0.4 is 9.47 Å². The van der Waals surface area contributed by atoms with Crippen LogP contribution in [0.15, 0.2) is 12.1 Å². The number of hydrogen-bond donors (Lipinski definition) is 1. The van der Waals surface area contributed by atoms with Gasteiger partial charge in [-0.05, 0) is 13.3 Å². The van der Waals surface area contributed by atoms with E-state index in [2.05, 4.69) is 0 Å². The lowest BCUT2D eigenvalue weighted by molar-refractivity contribution is -0.385. The molecule has 0 aliphatic heterocycles. The van der Waals surface area contributed by atoms with Crippen LogP contribution in [0.3, 0.4) is 0 Å². The molecule has 24 heavy (non-hydrogen) atoms. The van der Waals surface area contributed by atoms with Crippen LogP contribution in [0, 0.1) is 10.1 Å². The molecule has 0 fully saturated rings. The molecule has 1 N–H and O–H groups in total. The lowest BCUT2D eigenvalue weighted by Gasteiger charge is -2.20. The van der Waals surface area contributed by atoms with Crippen molar-refractivity contribution in [2.24, 2.45) is 0 Å². The minimum absolute atomic E-state index is 0.142. The number of carbonyl (C=O) groups is 2.